The highest BCUT2D eigenvalue weighted by Gasteiger charge is 2.28. The Labute approximate surface area is 191 Å². The van der Waals surface area contributed by atoms with Crippen molar-refractivity contribution in [1.82, 2.24) is 14.6 Å². The van der Waals surface area contributed by atoms with Gasteiger partial charge in [0, 0.05) is 36.2 Å². The number of para-hydroxylation sites is 1. The van der Waals surface area contributed by atoms with Crippen molar-refractivity contribution in [3.63, 3.8) is 0 Å². The van der Waals surface area contributed by atoms with Crippen LogP contribution in [-0.4, -0.2) is 69.1 Å². The monoisotopic (exact) mass is 508 g/mol. The summed E-state index contributed by atoms with van der Waals surface area (Å²) in [5.41, 5.74) is 3.29. The van der Waals surface area contributed by atoms with Gasteiger partial charge in [0.1, 0.15) is 5.75 Å². The maximum atomic E-state index is 12.8. The van der Waals surface area contributed by atoms with Gasteiger partial charge < -0.3 is 4.74 Å². The molecular weight excluding hydrogens is 484 g/mol. The summed E-state index contributed by atoms with van der Waals surface area (Å²) in [4.78, 5) is 14.4. The third-order valence-corrected chi connectivity index (χ3v) is 7.20. The third kappa shape index (κ3) is 6.36. The van der Waals surface area contributed by atoms with Gasteiger partial charge in [-0.2, -0.15) is 9.41 Å². The van der Waals surface area contributed by atoms with Crippen LogP contribution < -0.4 is 10.2 Å². The van der Waals surface area contributed by atoms with Crippen molar-refractivity contribution in [2.45, 2.75) is 11.8 Å². The number of nitrogens with zero attached hydrogens (tertiary/aromatic N) is 3. The molecule has 0 bridgehead atoms. The molecule has 1 N–H and O–H groups in total. The SMILES string of the molecule is CCOc1ccccc1C=NNC(=O)CN1CCN(S(=O)(=O)c2ccc(Br)cc2)CC1. The van der Waals surface area contributed by atoms with E-state index in [1.165, 1.54) is 4.31 Å². The molecule has 0 unspecified atom stereocenters. The standard InChI is InChI=1S/C21H25BrN4O4S/c1-2-30-20-6-4-3-5-17(20)15-23-24-21(27)16-25-11-13-26(14-12-25)31(28,29)19-9-7-18(22)8-10-19/h3-10,15H,2,11-14,16H2,1H3,(H,24,27). The van der Waals surface area contributed by atoms with Gasteiger partial charge in [0.15, 0.2) is 0 Å². The zero-order valence-electron chi connectivity index (χ0n) is 17.2. The highest BCUT2D eigenvalue weighted by molar-refractivity contribution is 9.10. The number of halogens is 1. The van der Waals surface area contributed by atoms with Gasteiger partial charge in [-0.3, -0.25) is 9.69 Å². The molecule has 0 radical (unpaired) electrons. The summed E-state index contributed by atoms with van der Waals surface area (Å²) in [6.45, 7) is 4.20. The molecule has 3 rings (SSSR count). The molecule has 1 aliphatic rings. The highest BCUT2D eigenvalue weighted by Crippen LogP contribution is 2.20. The number of benzene rings is 2. The second kappa shape index (κ2) is 10.9. The van der Waals surface area contributed by atoms with Crippen LogP contribution in [0.3, 0.4) is 0 Å². The molecule has 1 heterocycles. The van der Waals surface area contributed by atoms with E-state index in [0.717, 1.165) is 10.0 Å². The van der Waals surface area contributed by atoms with Gasteiger partial charge in [-0.25, -0.2) is 13.8 Å². The van der Waals surface area contributed by atoms with Crippen molar-refractivity contribution in [2.24, 2.45) is 5.10 Å². The number of ether oxygens (including phenoxy) is 1. The Morgan fingerprint density at radius 1 is 1.13 bits per heavy atom. The topological polar surface area (TPSA) is 91.3 Å². The van der Waals surface area contributed by atoms with Crippen molar-refractivity contribution in [3.8, 4) is 5.75 Å². The molecule has 2 aromatic carbocycles. The highest BCUT2D eigenvalue weighted by atomic mass is 79.9. The van der Waals surface area contributed by atoms with E-state index in [-0.39, 0.29) is 17.3 Å². The lowest BCUT2D eigenvalue weighted by Gasteiger charge is -2.33. The Hall–Kier alpha value is -2.27. The first-order valence-corrected chi connectivity index (χ1v) is 12.1. The number of hydrogen-bond acceptors (Lipinski definition) is 6. The van der Waals surface area contributed by atoms with Crippen LogP contribution in [0.4, 0.5) is 0 Å². The Kier molecular flexibility index (Phi) is 8.19. The molecule has 2 aromatic rings. The zero-order valence-corrected chi connectivity index (χ0v) is 19.6. The lowest BCUT2D eigenvalue weighted by Crippen LogP contribution is -2.50. The van der Waals surface area contributed by atoms with Crippen LogP contribution in [0.25, 0.3) is 0 Å². The van der Waals surface area contributed by atoms with E-state index in [1.807, 2.05) is 36.1 Å². The minimum atomic E-state index is -3.53. The predicted molar refractivity (Wildman–Crippen MR) is 123 cm³/mol. The largest absolute Gasteiger partial charge is 0.493 e. The quantitative estimate of drug-likeness (QED) is 0.436. The Morgan fingerprint density at radius 2 is 1.81 bits per heavy atom. The first-order valence-electron chi connectivity index (χ1n) is 9.92. The van der Waals surface area contributed by atoms with Crippen LogP contribution >= 0.6 is 15.9 Å². The normalized spacial score (nSPS) is 15.8. The number of hydrogen-bond donors (Lipinski definition) is 1. The molecule has 10 heteroatoms. The number of piperazine rings is 1. The molecule has 31 heavy (non-hydrogen) atoms. The fraction of sp³-hybridized carbons (Fsp3) is 0.333. The molecule has 1 aliphatic heterocycles. The Bertz CT molecular complexity index is 1020. The minimum Gasteiger partial charge on any atom is -0.493 e. The van der Waals surface area contributed by atoms with Crippen LogP contribution in [0.1, 0.15) is 12.5 Å². The van der Waals surface area contributed by atoms with Gasteiger partial charge >= 0.3 is 0 Å². The van der Waals surface area contributed by atoms with E-state index >= 15 is 0 Å². The molecule has 0 atom stereocenters. The Morgan fingerprint density at radius 3 is 2.48 bits per heavy atom. The molecule has 1 amide bonds. The fourth-order valence-electron chi connectivity index (χ4n) is 3.17. The summed E-state index contributed by atoms with van der Waals surface area (Å²) in [7, 11) is -3.53. The zero-order chi connectivity index (χ0) is 22.3. The van der Waals surface area contributed by atoms with Gasteiger partial charge in [-0.15, -0.1) is 0 Å². The number of sulfonamides is 1. The molecule has 8 nitrogen and oxygen atoms in total. The summed E-state index contributed by atoms with van der Waals surface area (Å²) in [5, 5.41) is 4.01. The van der Waals surface area contributed by atoms with Crippen molar-refractivity contribution >= 4 is 38.1 Å². The summed E-state index contributed by atoms with van der Waals surface area (Å²) in [6, 6.07) is 14.0. The van der Waals surface area contributed by atoms with Crippen LogP contribution in [0.2, 0.25) is 0 Å². The van der Waals surface area contributed by atoms with E-state index in [0.29, 0.717) is 38.5 Å². The number of hydrazone groups is 1. The second-order valence-electron chi connectivity index (χ2n) is 6.90. The van der Waals surface area contributed by atoms with Gasteiger partial charge in [0.2, 0.25) is 10.0 Å². The first kappa shape index (κ1) is 23.4. The summed E-state index contributed by atoms with van der Waals surface area (Å²) in [5.74, 6) is 0.445. The van der Waals surface area contributed by atoms with E-state index in [4.69, 9.17) is 4.74 Å². The van der Waals surface area contributed by atoms with E-state index in [9.17, 15) is 13.2 Å². The number of nitrogens with one attached hydrogen (secondary N) is 1. The lowest BCUT2D eigenvalue weighted by molar-refractivity contribution is -0.122. The second-order valence-corrected chi connectivity index (χ2v) is 9.75. The van der Waals surface area contributed by atoms with Gasteiger partial charge in [0.25, 0.3) is 5.91 Å². The molecular formula is C21H25BrN4O4S. The van der Waals surface area contributed by atoms with Gasteiger partial charge in [-0.1, -0.05) is 28.1 Å². The molecule has 0 saturated carbocycles. The van der Waals surface area contributed by atoms with Crippen molar-refractivity contribution in [2.75, 3.05) is 39.3 Å². The summed E-state index contributed by atoms with van der Waals surface area (Å²) >= 11 is 3.31. The van der Waals surface area contributed by atoms with Crippen LogP contribution in [0, 0.1) is 0 Å². The summed E-state index contributed by atoms with van der Waals surface area (Å²) in [6.07, 6.45) is 1.55. The maximum absolute atomic E-state index is 12.8. The smallest absolute Gasteiger partial charge is 0.254 e. The van der Waals surface area contributed by atoms with E-state index < -0.39 is 10.0 Å². The van der Waals surface area contributed by atoms with Crippen molar-refractivity contribution in [3.05, 3.63) is 58.6 Å². The third-order valence-electron chi connectivity index (χ3n) is 4.76. The molecule has 0 aromatic heterocycles. The molecule has 166 valence electrons. The van der Waals surface area contributed by atoms with Crippen LogP contribution in [0.5, 0.6) is 5.75 Å². The predicted octanol–water partition coefficient (Wildman–Crippen LogP) is 2.30. The molecule has 0 spiro atoms. The number of rotatable bonds is 8. The molecule has 1 saturated heterocycles. The van der Waals surface area contributed by atoms with E-state index in [2.05, 4.69) is 26.5 Å². The number of carbonyl (C=O) groups is 1. The molecule has 1 fully saturated rings. The molecule has 0 aliphatic carbocycles. The van der Waals surface area contributed by atoms with Crippen LogP contribution in [0.15, 0.2) is 63.0 Å². The van der Waals surface area contributed by atoms with Gasteiger partial charge in [-0.05, 0) is 43.3 Å². The van der Waals surface area contributed by atoms with Crippen LogP contribution in [-0.2, 0) is 14.8 Å². The fourth-order valence-corrected chi connectivity index (χ4v) is 4.86. The average Bonchev–Trinajstić information content (AvgIpc) is 2.76. The van der Waals surface area contributed by atoms with E-state index in [1.54, 1.807) is 30.5 Å². The Balaban J connectivity index is 1.48. The average molecular weight is 509 g/mol. The first-order chi connectivity index (χ1) is 14.9. The van der Waals surface area contributed by atoms with Crippen molar-refractivity contribution in [1.29, 1.82) is 0 Å². The van der Waals surface area contributed by atoms with Gasteiger partial charge in [0.05, 0.1) is 24.3 Å². The summed E-state index contributed by atoms with van der Waals surface area (Å²) < 4.78 is 33.3. The maximum Gasteiger partial charge on any atom is 0.254 e. The van der Waals surface area contributed by atoms with Crippen molar-refractivity contribution < 1.29 is 17.9 Å². The number of carbonyl (C=O) groups excluding carboxylic acids is 1. The lowest BCUT2D eigenvalue weighted by atomic mass is 10.2. The minimum absolute atomic E-state index is 0.149. The number of amides is 1.